The standard InChI is InChI=1S/C19H26N2O4/c1-24-17-7-3-2-6-16(17)14-25-18(22)15-8-12-21(13-9-15)19(23)20-10-4-5-11-20/h2-3,6-7,15H,4-5,8-14H2,1H3. The van der Waals surface area contributed by atoms with E-state index in [0.29, 0.717) is 25.9 Å². The maximum atomic E-state index is 12.4. The molecule has 2 aliphatic heterocycles. The topological polar surface area (TPSA) is 59.1 Å². The Balaban J connectivity index is 1.46. The zero-order chi connectivity index (χ0) is 17.6. The molecule has 1 aromatic carbocycles. The number of benzene rings is 1. The molecule has 0 aromatic heterocycles. The van der Waals surface area contributed by atoms with E-state index >= 15 is 0 Å². The molecule has 0 saturated carbocycles. The van der Waals surface area contributed by atoms with Gasteiger partial charge in [0, 0.05) is 31.7 Å². The monoisotopic (exact) mass is 346 g/mol. The number of nitrogens with zero attached hydrogens (tertiary/aromatic N) is 2. The first-order chi connectivity index (χ1) is 12.2. The van der Waals surface area contributed by atoms with Gasteiger partial charge in [-0.05, 0) is 31.7 Å². The van der Waals surface area contributed by atoms with E-state index in [2.05, 4.69) is 0 Å². The number of carbonyl (C=O) groups excluding carboxylic acids is 2. The van der Waals surface area contributed by atoms with Crippen molar-refractivity contribution in [2.24, 2.45) is 5.92 Å². The average Bonchev–Trinajstić information content (AvgIpc) is 3.20. The number of methoxy groups -OCH3 is 1. The van der Waals surface area contributed by atoms with Crippen molar-refractivity contribution in [3.05, 3.63) is 29.8 Å². The summed E-state index contributed by atoms with van der Waals surface area (Å²) in [6.45, 7) is 3.20. The van der Waals surface area contributed by atoms with E-state index in [4.69, 9.17) is 9.47 Å². The Hall–Kier alpha value is -2.24. The van der Waals surface area contributed by atoms with Crippen LogP contribution in [0.1, 0.15) is 31.2 Å². The number of amides is 2. The molecule has 0 N–H and O–H groups in total. The van der Waals surface area contributed by atoms with Crippen LogP contribution >= 0.6 is 0 Å². The molecule has 2 heterocycles. The molecule has 6 nitrogen and oxygen atoms in total. The predicted octanol–water partition coefficient (Wildman–Crippen LogP) is 2.67. The Kier molecular flexibility index (Phi) is 5.79. The number of carbonyl (C=O) groups is 2. The van der Waals surface area contributed by atoms with Crippen LogP contribution in [0.4, 0.5) is 4.79 Å². The van der Waals surface area contributed by atoms with Crippen molar-refractivity contribution in [3.8, 4) is 5.75 Å². The second kappa shape index (κ2) is 8.23. The molecule has 3 rings (SSSR count). The molecule has 0 aliphatic carbocycles. The molecule has 0 spiro atoms. The maximum Gasteiger partial charge on any atom is 0.319 e. The molecule has 2 aliphatic rings. The fourth-order valence-corrected chi connectivity index (χ4v) is 3.50. The van der Waals surface area contributed by atoms with E-state index in [1.165, 1.54) is 0 Å². The van der Waals surface area contributed by atoms with Gasteiger partial charge in [0.2, 0.25) is 0 Å². The van der Waals surface area contributed by atoms with Crippen molar-refractivity contribution in [1.82, 2.24) is 9.80 Å². The van der Waals surface area contributed by atoms with Gasteiger partial charge in [0.1, 0.15) is 12.4 Å². The first kappa shape index (κ1) is 17.6. The van der Waals surface area contributed by atoms with Gasteiger partial charge in [-0.25, -0.2) is 4.79 Å². The Labute approximate surface area is 148 Å². The number of para-hydroxylation sites is 1. The molecule has 0 atom stereocenters. The lowest BCUT2D eigenvalue weighted by Gasteiger charge is -2.33. The molecular formula is C19H26N2O4. The summed E-state index contributed by atoms with van der Waals surface area (Å²) < 4.78 is 10.7. The number of esters is 1. The van der Waals surface area contributed by atoms with Gasteiger partial charge >= 0.3 is 12.0 Å². The van der Waals surface area contributed by atoms with Crippen LogP contribution in [0.3, 0.4) is 0 Å². The van der Waals surface area contributed by atoms with E-state index < -0.39 is 0 Å². The summed E-state index contributed by atoms with van der Waals surface area (Å²) >= 11 is 0. The first-order valence-corrected chi connectivity index (χ1v) is 9.01. The van der Waals surface area contributed by atoms with Gasteiger partial charge in [0.25, 0.3) is 0 Å². The van der Waals surface area contributed by atoms with Crippen LogP contribution in [0.15, 0.2) is 24.3 Å². The summed E-state index contributed by atoms with van der Waals surface area (Å²) in [5.74, 6) is 0.415. The lowest BCUT2D eigenvalue weighted by atomic mass is 9.97. The molecule has 2 amide bonds. The summed E-state index contributed by atoms with van der Waals surface area (Å²) in [4.78, 5) is 28.5. The number of likely N-dealkylation sites (tertiary alicyclic amines) is 2. The largest absolute Gasteiger partial charge is 0.496 e. The molecule has 0 unspecified atom stereocenters. The highest BCUT2D eigenvalue weighted by Gasteiger charge is 2.31. The number of ether oxygens (including phenoxy) is 2. The number of piperidine rings is 1. The third kappa shape index (κ3) is 4.24. The van der Waals surface area contributed by atoms with Crippen LogP contribution in [0.5, 0.6) is 5.75 Å². The van der Waals surface area contributed by atoms with E-state index in [-0.39, 0.29) is 24.5 Å². The minimum atomic E-state index is -0.181. The summed E-state index contributed by atoms with van der Waals surface area (Å²) in [5, 5.41) is 0. The van der Waals surface area contributed by atoms with Gasteiger partial charge < -0.3 is 19.3 Å². The van der Waals surface area contributed by atoms with E-state index in [0.717, 1.165) is 37.2 Å². The predicted molar refractivity (Wildman–Crippen MR) is 93.3 cm³/mol. The van der Waals surface area contributed by atoms with Crippen LogP contribution in [0, 0.1) is 5.92 Å². The van der Waals surface area contributed by atoms with E-state index in [1.807, 2.05) is 34.1 Å². The third-order valence-corrected chi connectivity index (χ3v) is 5.04. The highest BCUT2D eigenvalue weighted by Crippen LogP contribution is 2.23. The Morgan fingerprint density at radius 3 is 2.36 bits per heavy atom. The number of rotatable bonds is 4. The summed E-state index contributed by atoms with van der Waals surface area (Å²) in [5.41, 5.74) is 0.861. The summed E-state index contributed by atoms with van der Waals surface area (Å²) in [7, 11) is 1.60. The fourth-order valence-electron chi connectivity index (χ4n) is 3.50. The second-order valence-electron chi connectivity index (χ2n) is 6.66. The Morgan fingerprint density at radius 2 is 1.68 bits per heavy atom. The lowest BCUT2D eigenvalue weighted by Crippen LogP contribution is -2.46. The van der Waals surface area contributed by atoms with Gasteiger partial charge in [-0.15, -0.1) is 0 Å². The quantitative estimate of drug-likeness (QED) is 0.787. The molecular weight excluding hydrogens is 320 g/mol. The highest BCUT2D eigenvalue weighted by molar-refractivity contribution is 5.76. The van der Waals surface area contributed by atoms with E-state index in [9.17, 15) is 9.59 Å². The normalized spacial score (nSPS) is 18.3. The molecule has 136 valence electrons. The average molecular weight is 346 g/mol. The minimum absolute atomic E-state index is 0.123. The first-order valence-electron chi connectivity index (χ1n) is 9.01. The molecule has 1 aromatic rings. The Bertz CT molecular complexity index is 605. The lowest BCUT2D eigenvalue weighted by molar-refractivity contribution is -0.151. The van der Waals surface area contributed by atoms with Crippen LogP contribution in [0.25, 0.3) is 0 Å². The number of hydrogen-bond acceptors (Lipinski definition) is 4. The molecule has 6 heteroatoms. The molecule has 0 bridgehead atoms. The molecule has 2 saturated heterocycles. The number of urea groups is 1. The van der Waals surface area contributed by atoms with Gasteiger partial charge in [0.15, 0.2) is 0 Å². The van der Waals surface area contributed by atoms with Crippen molar-refractivity contribution in [3.63, 3.8) is 0 Å². The Morgan fingerprint density at radius 1 is 1.04 bits per heavy atom. The van der Waals surface area contributed by atoms with Gasteiger partial charge in [0.05, 0.1) is 13.0 Å². The zero-order valence-corrected chi connectivity index (χ0v) is 14.8. The highest BCUT2D eigenvalue weighted by atomic mass is 16.5. The van der Waals surface area contributed by atoms with Crippen LogP contribution < -0.4 is 4.74 Å². The molecule has 2 fully saturated rings. The molecule has 25 heavy (non-hydrogen) atoms. The minimum Gasteiger partial charge on any atom is -0.496 e. The smallest absolute Gasteiger partial charge is 0.319 e. The van der Waals surface area contributed by atoms with Crippen LogP contribution in [-0.4, -0.2) is 55.1 Å². The van der Waals surface area contributed by atoms with Crippen molar-refractivity contribution in [2.75, 3.05) is 33.3 Å². The maximum absolute atomic E-state index is 12.4. The number of hydrogen-bond donors (Lipinski definition) is 0. The van der Waals surface area contributed by atoms with Crippen molar-refractivity contribution < 1.29 is 19.1 Å². The van der Waals surface area contributed by atoms with Crippen LogP contribution in [-0.2, 0) is 16.1 Å². The van der Waals surface area contributed by atoms with Crippen molar-refractivity contribution in [1.29, 1.82) is 0 Å². The second-order valence-corrected chi connectivity index (χ2v) is 6.66. The SMILES string of the molecule is COc1ccccc1COC(=O)C1CCN(C(=O)N2CCCC2)CC1. The third-order valence-electron chi connectivity index (χ3n) is 5.04. The fraction of sp³-hybridized carbons (Fsp3) is 0.579. The van der Waals surface area contributed by atoms with Crippen molar-refractivity contribution >= 4 is 12.0 Å². The van der Waals surface area contributed by atoms with Gasteiger partial charge in [-0.3, -0.25) is 4.79 Å². The van der Waals surface area contributed by atoms with Gasteiger partial charge in [-0.2, -0.15) is 0 Å². The summed E-state index contributed by atoms with van der Waals surface area (Å²) in [6.07, 6.45) is 3.53. The van der Waals surface area contributed by atoms with Crippen molar-refractivity contribution in [2.45, 2.75) is 32.3 Å². The van der Waals surface area contributed by atoms with Gasteiger partial charge in [-0.1, -0.05) is 18.2 Å². The molecule has 0 radical (unpaired) electrons. The van der Waals surface area contributed by atoms with E-state index in [1.54, 1.807) is 7.11 Å². The summed E-state index contributed by atoms with van der Waals surface area (Å²) in [6, 6.07) is 7.65. The van der Waals surface area contributed by atoms with Crippen LogP contribution in [0.2, 0.25) is 0 Å². The zero-order valence-electron chi connectivity index (χ0n) is 14.8.